The normalized spacial score (nSPS) is 22.0. The minimum atomic E-state index is 0.531. The molecule has 2 rings (SSSR count). The summed E-state index contributed by atoms with van der Waals surface area (Å²) >= 11 is 0. The SMILES string of the molecule is CC1C=C(c2nc(N(C)C)no2)CN(C)C1. The Hall–Kier alpha value is -1.36. The molecule has 0 aromatic carbocycles. The van der Waals surface area contributed by atoms with Gasteiger partial charge in [-0.1, -0.05) is 13.0 Å². The van der Waals surface area contributed by atoms with Gasteiger partial charge in [-0.15, -0.1) is 0 Å². The van der Waals surface area contributed by atoms with Crippen LogP contribution in [0.25, 0.3) is 5.57 Å². The van der Waals surface area contributed by atoms with Gasteiger partial charge in [0, 0.05) is 32.8 Å². The zero-order chi connectivity index (χ0) is 11.7. The lowest BCUT2D eigenvalue weighted by molar-refractivity contribution is 0.321. The van der Waals surface area contributed by atoms with Crippen molar-refractivity contribution in [2.75, 3.05) is 39.1 Å². The molecule has 1 aliphatic heterocycles. The number of nitrogens with zero attached hydrogens (tertiary/aromatic N) is 4. The molecular weight excluding hydrogens is 204 g/mol. The van der Waals surface area contributed by atoms with Crippen molar-refractivity contribution in [1.82, 2.24) is 15.0 Å². The van der Waals surface area contributed by atoms with Gasteiger partial charge >= 0.3 is 0 Å². The fourth-order valence-electron chi connectivity index (χ4n) is 1.96. The van der Waals surface area contributed by atoms with Crippen molar-refractivity contribution in [3.8, 4) is 0 Å². The van der Waals surface area contributed by atoms with Crippen LogP contribution in [0.1, 0.15) is 12.8 Å². The average molecular weight is 222 g/mol. The highest BCUT2D eigenvalue weighted by atomic mass is 16.5. The molecule has 16 heavy (non-hydrogen) atoms. The van der Waals surface area contributed by atoms with Crippen molar-refractivity contribution in [2.24, 2.45) is 5.92 Å². The lowest BCUT2D eigenvalue weighted by Gasteiger charge is -2.25. The van der Waals surface area contributed by atoms with Gasteiger partial charge in [0.25, 0.3) is 11.8 Å². The van der Waals surface area contributed by atoms with Crippen molar-refractivity contribution < 1.29 is 4.52 Å². The fraction of sp³-hybridized carbons (Fsp3) is 0.636. The molecule has 0 radical (unpaired) electrons. The summed E-state index contributed by atoms with van der Waals surface area (Å²) in [6, 6.07) is 0. The molecule has 88 valence electrons. The number of anilines is 1. The summed E-state index contributed by atoms with van der Waals surface area (Å²) in [6.45, 7) is 4.15. The van der Waals surface area contributed by atoms with E-state index in [1.807, 2.05) is 19.0 Å². The number of likely N-dealkylation sites (N-methyl/N-ethyl adjacent to an activating group) is 1. The Bertz CT molecular complexity index is 396. The molecule has 0 aliphatic carbocycles. The largest absolute Gasteiger partial charge is 0.344 e. The Balaban J connectivity index is 2.23. The fourth-order valence-corrected chi connectivity index (χ4v) is 1.96. The zero-order valence-electron chi connectivity index (χ0n) is 10.3. The van der Waals surface area contributed by atoms with Crippen LogP contribution in [-0.2, 0) is 0 Å². The Morgan fingerprint density at radius 1 is 1.50 bits per heavy atom. The highest BCUT2D eigenvalue weighted by Crippen LogP contribution is 2.22. The summed E-state index contributed by atoms with van der Waals surface area (Å²) in [4.78, 5) is 8.46. The molecule has 0 saturated heterocycles. The minimum absolute atomic E-state index is 0.531. The van der Waals surface area contributed by atoms with Crippen molar-refractivity contribution in [2.45, 2.75) is 6.92 Å². The van der Waals surface area contributed by atoms with Gasteiger partial charge in [-0.25, -0.2) is 0 Å². The molecule has 0 fully saturated rings. The number of rotatable bonds is 2. The van der Waals surface area contributed by atoms with Crippen molar-refractivity contribution in [3.05, 3.63) is 12.0 Å². The van der Waals surface area contributed by atoms with Crippen LogP contribution in [-0.4, -0.2) is 49.3 Å². The van der Waals surface area contributed by atoms with Crippen LogP contribution in [0.15, 0.2) is 10.6 Å². The summed E-state index contributed by atoms with van der Waals surface area (Å²) < 4.78 is 5.26. The number of hydrogen-bond donors (Lipinski definition) is 0. The molecule has 1 aromatic heterocycles. The summed E-state index contributed by atoms with van der Waals surface area (Å²) in [5.41, 5.74) is 1.13. The second-order valence-electron chi connectivity index (χ2n) is 4.66. The second-order valence-corrected chi connectivity index (χ2v) is 4.66. The van der Waals surface area contributed by atoms with Crippen molar-refractivity contribution in [1.29, 1.82) is 0 Å². The first-order valence-electron chi connectivity index (χ1n) is 5.47. The van der Waals surface area contributed by atoms with E-state index in [9.17, 15) is 0 Å². The van der Waals surface area contributed by atoms with Crippen molar-refractivity contribution in [3.63, 3.8) is 0 Å². The molecule has 1 aromatic rings. The summed E-state index contributed by atoms with van der Waals surface area (Å²) in [7, 11) is 5.91. The van der Waals surface area contributed by atoms with E-state index in [-0.39, 0.29) is 0 Å². The minimum Gasteiger partial charge on any atom is -0.344 e. The molecule has 0 N–H and O–H groups in total. The first kappa shape index (κ1) is 11.1. The molecule has 5 heteroatoms. The average Bonchev–Trinajstić information content (AvgIpc) is 2.64. The van der Waals surface area contributed by atoms with E-state index in [2.05, 4.69) is 35.1 Å². The zero-order valence-corrected chi connectivity index (χ0v) is 10.3. The lowest BCUT2D eigenvalue weighted by Crippen LogP contribution is -2.29. The summed E-state index contributed by atoms with van der Waals surface area (Å²) in [5.74, 6) is 1.79. The molecular formula is C11H18N4O. The summed E-state index contributed by atoms with van der Waals surface area (Å²) in [6.07, 6.45) is 2.22. The second kappa shape index (κ2) is 4.25. The molecule has 5 nitrogen and oxygen atoms in total. The van der Waals surface area contributed by atoms with Gasteiger partial charge in [-0.2, -0.15) is 4.98 Å². The van der Waals surface area contributed by atoms with E-state index in [0.717, 1.165) is 18.7 Å². The van der Waals surface area contributed by atoms with Gasteiger partial charge in [-0.3, -0.25) is 0 Å². The first-order valence-corrected chi connectivity index (χ1v) is 5.47. The third-order valence-electron chi connectivity index (χ3n) is 2.62. The maximum absolute atomic E-state index is 5.26. The predicted molar refractivity (Wildman–Crippen MR) is 63.3 cm³/mol. The van der Waals surface area contributed by atoms with Crippen LogP contribution in [0.2, 0.25) is 0 Å². The third-order valence-corrected chi connectivity index (χ3v) is 2.62. The van der Waals surface area contributed by atoms with Gasteiger partial charge in [-0.05, 0) is 18.1 Å². The Labute approximate surface area is 95.7 Å². The van der Waals surface area contributed by atoms with Crippen LogP contribution < -0.4 is 4.90 Å². The third kappa shape index (κ3) is 2.24. The topological polar surface area (TPSA) is 45.4 Å². The first-order chi connectivity index (χ1) is 7.56. The predicted octanol–water partition coefficient (Wildman–Crippen LogP) is 1.10. The molecule has 1 unspecified atom stereocenters. The highest BCUT2D eigenvalue weighted by molar-refractivity contribution is 5.62. The Morgan fingerprint density at radius 3 is 2.81 bits per heavy atom. The van der Waals surface area contributed by atoms with Gasteiger partial charge in [0.2, 0.25) is 0 Å². The quantitative estimate of drug-likeness (QED) is 0.750. The lowest BCUT2D eigenvalue weighted by atomic mass is 10.0. The highest BCUT2D eigenvalue weighted by Gasteiger charge is 2.20. The van der Waals surface area contributed by atoms with Gasteiger partial charge < -0.3 is 14.3 Å². The van der Waals surface area contributed by atoms with E-state index in [4.69, 9.17) is 4.52 Å². The molecule has 0 amide bonds. The molecule has 1 atom stereocenters. The van der Waals surface area contributed by atoms with Gasteiger partial charge in [0.1, 0.15) is 0 Å². The number of aromatic nitrogens is 2. The van der Waals surface area contributed by atoms with Crippen LogP contribution in [0.4, 0.5) is 5.95 Å². The standard InChI is InChI=1S/C11H18N4O/c1-8-5-9(7-15(4)6-8)10-12-11(13-16-10)14(2)3/h5,8H,6-7H2,1-4H3. The monoisotopic (exact) mass is 222 g/mol. The van der Waals surface area contributed by atoms with Crippen LogP contribution in [0.5, 0.6) is 0 Å². The smallest absolute Gasteiger partial charge is 0.265 e. The molecule has 2 heterocycles. The van der Waals surface area contributed by atoms with E-state index in [0.29, 0.717) is 17.8 Å². The number of hydrogen-bond acceptors (Lipinski definition) is 5. The van der Waals surface area contributed by atoms with E-state index >= 15 is 0 Å². The molecule has 1 aliphatic rings. The van der Waals surface area contributed by atoms with Crippen LogP contribution >= 0.6 is 0 Å². The van der Waals surface area contributed by atoms with Gasteiger partial charge in [0.05, 0.1) is 0 Å². The van der Waals surface area contributed by atoms with Crippen molar-refractivity contribution >= 4 is 11.5 Å². The van der Waals surface area contributed by atoms with Crippen LogP contribution in [0.3, 0.4) is 0 Å². The Morgan fingerprint density at radius 2 is 2.25 bits per heavy atom. The van der Waals surface area contributed by atoms with E-state index in [1.54, 1.807) is 0 Å². The molecule has 0 spiro atoms. The van der Waals surface area contributed by atoms with Gasteiger partial charge in [0.15, 0.2) is 0 Å². The maximum Gasteiger partial charge on any atom is 0.265 e. The maximum atomic E-state index is 5.26. The summed E-state index contributed by atoms with van der Waals surface area (Å²) in [5, 5.41) is 3.92. The molecule has 0 saturated carbocycles. The Kier molecular flexibility index (Phi) is 2.96. The van der Waals surface area contributed by atoms with Crippen LogP contribution in [0, 0.1) is 5.92 Å². The van der Waals surface area contributed by atoms with E-state index < -0.39 is 0 Å². The van der Waals surface area contributed by atoms with E-state index in [1.165, 1.54) is 0 Å². The molecule has 0 bridgehead atoms.